The highest BCUT2D eigenvalue weighted by Gasteiger charge is 2.22. The summed E-state index contributed by atoms with van der Waals surface area (Å²) in [6.45, 7) is 3.87. The van der Waals surface area contributed by atoms with E-state index in [1.54, 1.807) is 6.20 Å². The van der Waals surface area contributed by atoms with E-state index >= 15 is 0 Å². The molecule has 1 saturated heterocycles. The van der Waals surface area contributed by atoms with Crippen molar-refractivity contribution >= 4 is 39.2 Å². The van der Waals surface area contributed by atoms with Crippen LogP contribution in [0.25, 0.3) is 44.6 Å². The Morgan fingerprint density at radius 1 is 0.949 bits per heavy atom. The van der Waals surface area contributed by atoms with Gasteiger partial charge in [0.15, 0.2) is 5.82 Å². The topological polar surface area (TPSA) is 115 Å². The highest BCUT2D eigenvalue weighted by Crippen LogP contribution is 2.33. The number of benzene rings is 2. The molecular formula is C30H32N8O. The van der Waals surface area contributed by atoms with Crippen molar-refractivity contribution < 1.29 is 4.79 Å². The number of hydrogen-bond donors (Lipinski definition) is 4. The van der Waals surface area contributed by atoms with Gasteiger partial charge in [-0.2, -0.15) is 5.10 Å². The molecule has 1 aliphatic carbocycles. The van der Waals surface area contributed by atoms with Crippen molar-refractivity contribution in [1.82, 2.24) is 30.5 Å². The van der Waals surface area contributed by atoms with Crippen LogP contribution in [-0.4, -0.2) is 57.2 Å². The molecule has 1 saturated carbocycles. The van der Waals surface area contributed by atoms with Crippen molar-refractivity contribution in [3.05, 3.63) is 54.9 Å². The molecule has 39 heavy (non-hydrogen) atoms. The lowest BCUT2D eigenvalue weighted by Crippen LogP contribution is -2.43. The van der Waals surface area contributed by atoms with E-state index in [2.05, 4.69) is 66.0 Å². The van der Waals surface area contributed by atoms with E-state index in [1.165, 1.54) is 6.42 Å². The maximum absolute atomic E-state index is 12.8. The predicted molar refractivity (Wildman–Crippen MR) is 155 cm³/mol. The number of rotatable bonds is 5. The van der Waals surface area contributed by atoms with E-state index in [-0.39, 0.29) is 11.8 Å². The third kappa shape index (κ3) is 4.63. The number of para-hydroxylation sites is 1. The van der Waals surface area contributed by atoms with Gasteiger partial charge in [-0.1, -0.05) is 31.4 Å². The van der Waals surface area contributed by atoms with E-state index in [4.69, 9.17) is 4.98 Å². The lowest BCUT2D eigenvalue weighted by molar-refractivity contribution is -0.120. The Balaban J connectivity index is 1.20. The lowest BCUT2D eigenvalue weighted by Gasteiger charge is -2.29. The van der Waals surface area contributed by atoms with Crippen LogP contribution in [0.4, 0.5) is 11.4 Å². The molecule has 0 unspecified atom stereocenters. The smallest absolute Gasteiger partial charge is 0.227 e. The molecule has 2 aliphatic rings. The number of aromatic nitrogens is 5. The molecule has 2 fully saturated rings. The van der Waals surface area contributed by atoms with Crippen molar-refractivity contribution in [3.8, 4) is 22.6 Å². The number of aromatic amines is 2. The summed E-state index contributed by atoms with van der Waals surface area (Å²) < 4.78 is 0. The van der Waals surface area contributed by atoms with E-state index in [1.807, 2.05) is 18.3 Å². The predicted octanol–water partition coefficient (Wildman–Crippen LogP) is 5.10. The van der Waals surface area contributed by atoms with Crippen molar-refractivity contribution in [2.24, 2.45) is 5.92 Å². The minimum atomic E-state index is 0.100. The molecule has 0 spiro atoms. The normalized spacial score (nSPS) is 16.7. The Morgan fingerprint density at radius 2 is 1.82 bits per heavy atom. The monoisotopic (exact) mass is 520 g/mol. The molecular weight excluding hydrogens is 488 g/mol. The van der Waals surface area contributed by atoms with E-state index in [0.29, 0.717) is 0 Å². The number of nitrogens with zero attached hydrogens (tertiary/aromatic N) is 4. The standard InChI is InChI=1S/C30H32N8O/c39-30(19-5-2-1-3-6-19)33-22-15-21(17-32-18-22)20-9-10-24-23(16-20)27(37-36-24)29-34-25-7-4-8-26(28(25)35-29)38-13-11-31-12-14-38/h4,7-10,15-19,31H,1-3,5-6,11-14H2,(H,33,39)(H,34,35)(H,36,37). The number of imidazole rings is 1. The maximum atomic E-state index is 12.8. The third-order valence-electron chi connectivity index (χ3n) is 8.05. The highest BCUT2D eigenvalue weighted by molar-refractivity contribution is 5.98. The van der Waals surface area contributed by atoms with Gasteiger partial charge in [-0.3, -0.25) is 14.9 Å². The third-order valence-corrected chi connectivity index (χ3v) is 8.05. The number of fused-ring (bicyclic) bond motifs is 2. The van der Waals surface area contributed by atoms with Crippen molar-refractivity contribution in [1.29, 1.82) is 0 Å². The van der Waals surface area contributed by atoms with E-state index in [0.717, 1.165) is 108 Å². The number of nitrogens with one attached hydrogen (secondary N) is 4. The zero-order valence-corrected chi connectivity index (χ0v) is 21.8. The summed E-state index contributed by atoms with van der Waals surface area (Å²) in [5.74, 6) is 0.942. The first-order valence-corrected chi connectivity index (χ1v) is 13.9. The summed E-state index contributed by atoms with van der Waals surface area (Å²) in [5.41, 5.74) is 7.50. The van der Waals surface area contributed by atoms with Crippen LogP contribution < -0.4 is 15.5 Å². The van der Waals surface area contributed by atoms with Gasteiger partial charge in [0.05, 0.1) is 28.6 Å². The SMILES string of the molecule is O=C(Nc1cncc(-c2ccc3[nH]nc(-c4nc5c(N6CCNCC6)cccc5[nH]4)c3c2)c1)C1CCCCC1. The molecule has 4 N–H and O–H groups in total. The molecule has 1 aliphatic heterocycles. The Bertz CT molecular complexity index is 1640. The molecule has 9 nitrogen and oxygen atoms in total. The van der Waals surface area contributed by atoms with Crippen LogP contribution in [0.1, 0.15) is 32.1 Å². The van der Waals surface area contributed by atoms with Gasteiger partial charge in [0.25, 0.3) is 0 Å². The number of hydrogen-bond acceptors (Lipinski definition) is 6. The van der Waals surface area contributed by atoms with Gasteiger partial charge in [-0.15, -0.1) is 0 Å². The van der Waals surface area contributed by atoms with E-state index < -0.39 is 0 Å². The largest absolute Gasteiger partial charge is 0.367 e. The second-order valence-corrected chi connectivity index (χ2v) is 10.6. The fourth-order valence-electron chi connectivity index (χ4n) is 5.94. The summed E-state index contributed by atoms with van der Waals surface area (Å²) in [6.07, 6.45) is 8.98. The summed E-state index contributed by atoms with van der Waals surface area (Å²) in [4.78, 5) is 28.1. The first-order valence-electron chi connectivity index (χ1n) is 13.9. The fourth-order valence-corrected chi connectivity index (χ4v) is 5.94. The molecule has 0 bridgehead atoms. The zero-order chi connectivity index (χ0) is 26.2. The molecule has 198 valence electrons. The second-order valence-electron chi connectivity index (χ2n) is 10.6. The van der Waals surface area contributed by atoms with Gasteiger partial charge in [-0.25, -0.2) is 4.98 Å². The Morgan fingerprint density at radius 3 is 2.69 bits per heavy atom. The van der Waals surface area contributed by atoms with Crippen LogP contribution >= 0.6 is 0 Å². The molecule has 2 aromatic carbocycles. The van der Waals surface area contributed by atoms with Crippen molar-refractivity contribution in [2.45, 2.75) is 32.1 Å². The average Bonchev–Trinajstić information content (AvgIpc) is 3.62. The van der Waals surface area contributed by atoms with Crippen LogP contribution in [0.5, 0.6) is 0 Å². The van der Waals surface area contributed by atoms with Crippen LogP contribution in [0, 0.1) is 5.92 Å². The average molecular weight is 521 g/mol. The summed E-state index contributed by atoms with van der Waals surface area (Å²) in [5, 5.41) is 15.3. The first kappa shape index (κ1) is 23.8. The number of piperazine rings is 1. The number of carbonyl (C=O) groups excluding carboxylic acids is 1. The first-order chi connectivity index (χ1) is 19.2. The van der Waals surface area contributed by atoms with Crippen LogP contribution in [0.2, 0.25) is 0 Å². The summed E-state index contributed by atoms with van der Waals surface area (Å²) >= 11 is 0. The summed E-state index contributed by atoms with van der Waals surface area (Å²) in [6, 6.07) is 14.5. The molecule has 5 aromatic rings. The molecule has 1 amide bonds. The fraction of sp³-hybridized carbons (Fsp3) is 0.333. The Labute approximate surface area is 226 Å². The van der Waals surface area contributed by atoms with Gasteiger partial charge in [0.1, 0.15) is 11.2 Å². The van der Waals surface area contributed by atoms with Gasteiger partial charge >= 0.3 is 0 Å². The molecule has 4 heterocycles. The lowest BCUT2D eigenvalue weighted by atomic mass is 9.88. The van der Waals surface area contributed by atoms with Gasteiger partial charge in [0, 0.05) is 49.2 Å². The van der Waals surface area contributed by atoms with Gasteiger partial charge < -0.3 is 20.5 Å². The molecule has 0 radical (unpaired) electrons. The van der Waals surface area contributed by atoms with Gasteiger partial charge in [0.2, 0.25) is 5.91 Å². The zero-order valence-electron chi connectivity index (χ0n) is 21.8. The van der Waals surface area contributed by atoms with Crippen LogP contribution in [-0.2, 0) is 4.79 Å². The Kier molecular flexibility index (Phi) is 6.20. The second kappa shape index (κ2) is 10.1. The van der Waals surface area contributed by atoms with Crippen molar-refractivity contribution in [2.75, 3.05) is 36.4 Å². The van der Waals surface area contributed by atoms with Crippen molar-refractivity contribution in [3.63, 3.8) is 0 Å². The molecule has 0 atom stereocenters. The Hall–Kier alpha value is -4.24. The molecule has 7 rings (SSSR count). The van der Waals surface area contributed by atoms with Crippen LogP contribution in [0.15, 0.2) is 54.9 Å². The number of H-pyrrole nitrogens is 2. The van der Waals surface area contributed by atoms with E-state index in [9.17, 15) is 4.79 Å². The van der Waals surface area contributed by atoms with Crippen LogP contribution in [0.3, 0.4) is 0 Å². The maximum Gasteiger partial charge on any atom is 0.227 e. The minimum absolute atomic E-state index is 0.100. The number of amides is 1. The highest BCUT2D eigenvalue weighted by atomic mass is 16.1. The molecule has 9 heteroatoms. The molecule has 3 aromatic heterocycles. The minimum Gasteiger partial charge on any atom is -0.367 e. The number of anilines is 2. The quantitative estimate of drug-likeness (QED) is 0.256. The van der Waals surface area contributed by atoms with Gasteiger partial charge in [-0.05, 0) is 48.7 Å². The number of carbonyl (C=O) groups is 1. The summed E-state index contributed by atoms with van der Waals surface area (Å²) in [7, 11) is 0. The number of pyridine rings is 1.